The first-order valence-corrected chi connectivity index (χ1v) is 6.41. The van der Waals surface area contributed by atoms with Crippen LogP contribution in [0.15, 0.2) is 42.5 Å². The van der Waals surface area contributed by atoms with E-state index >= 15 is 0 Å². The van der Waals surface area contributed by atoms with Crippen LogP contribution in [0.3, 0.4) is 0 Å². The highest BCUT2D eigenvalue weighted by atomic mass is 16.6. The topological polar surface area (TPSA) is 65.1 Å². The highest BCUT2D eigenvalue weighted by Crippen LogP contribution is 2.43. The summed E-state index contributed by atoms with van der Waals surface area (Å²) >= 11 is 0. The van der Waals surface area contributed by atoms with Gasteiger partial charge in [0.25, 0.3) is 0 Å². The van der Waals surface area contributed by atoms with Gasteiger partial charge in [-0.2, -0.15) is 0 Å². The van der Waals surface area contributed by atoms with Gasteiger partial charge in [0.15, 0.2) is 12.2 Å². The van der Waals surface area contributed by atoms with Gasteiger partial charge in [-0.1, -0.05) is 30.3 Å². The summed E-state index contributed by atoms with van der Waals surface area (Å²) in [6.07, 6.45) is 1.21. The minimum absolute atomic E-state index is 0.126. The molecule has 0 aromatic heterocycles. The number of rotatable bonds is 3. The molecular weight excluding hydrogens is 260 g/mol. The molecule has 2 heterocycles. The fourth-order valence-electron chi connectivity index (χ4n) is 2.36. The second-order valence-electron chi connectivity index (χ2n) is 4.77. The Labute approximate surface area is 116 Å². The highest BCUT2D eigenvalue weighted by molar-refractivity contribution is 5.83. The van der Waals surface area contributed by atoms with E-state index in [9.17, 15) is 9.59 Å². The molecule has 104 valence electrons. The van der Waals surface area contributed by atoms with Crippen LogP contribution in [0.1, 0.15) is 18.6 Å². The van der Waals surface area contributed by atoms with Gasteiger partial charge < -0.3 is 14.2 Å². The average Bonchev–Trinajstić information content (AvgIpc) is 3.21. The summed E-state index contributed by atoms with van der Waals surface area (Å²) < 4.78 is 16.0. The second-order valence-corrected chi connectivity index (χ2v) is 4.77. The maximum absolute atomic E-state index is 11.4. The van der Waals surface area contributed by atoms with Crippen molar-refractivity contribution in [2.45, 2.75) is 31.3 Å². The van der Waals surface area contributed by atoms with Gasteiger partial charge in [0.1, 0.15) is 12.2 Å². The Balaban J connectivity index is 1.74. The van der Waals surface area contributed by atoms with Crippen molar-refractivity contribution in [1.29, 1.82) is 0 Å². The fraction of sp³-hybridized carbons (Fsp3) is 0.333. The molecule has 2 aliphatic rings. The van der Waals surface area contributed by atoms with Crippen LogP contribution in [0.25, 0.3) is 0 Å². The molecule has 0 aliphatic carbocycles. The van der Waals surface area contributed by atoms with Crippen LogP contribution in [0.2, 0.25) is 0 Å². The maximum Gasteiger partial charge on any atom is 0.331 e. The summed E-state index contributed by atoms with van der Waals surface area (Å²) in [4.78, 5) is 22.5. The average molecular weight is 274 g/mol. The lowest BCUT2D eigenvalue weighted by Gasteiger charge is -2.25. The van der Waals surface area contributed by atoms with Crippen molar-refractivity contribution < 1.29 is 23.8 Å². The zero-order valence-corrected chi connectivity index (χ0v) is 10.9. The van der Waals surface area contributed by atoms with Crippen LogP contribution >= 0.6 is 0 Å². The molecule has 2 aliphatic heterocycles. The van der Waals surface area contributed by atoms with Gasteiger partial charge in [-0.05, 0) is 11.6 Å². The van der Waals surface area contributed by atoms with E-state index in [4.69, 9.17) is 14.2 Å². The Morgan fingerprint density at radius 3 is 2.65 bits per heavy atom. The number of hydrogen-bond acceptors (Lipinski definition) is 5. The molecule has 4 atom stereocenters. The van der Waals surface area contributed by atoms with Crippen molar-refractivity contribution in [2.75, 3.05) is 0 Å². The number of benzene rings is 1. The van der Waals surface area contributed by atoms with E-state index in [-0.39, 0.29) is 12.2 Å². The molecule has 5 heteroatoms. The Morgan fingerprint density at radius 1 is 1.20 bits per heavy atom. The van der Waals surface area contributed by atoms with Crippen molar-refractivity contribution in [3.05, 3.63) is 48.0 Å². The van der Waals surface area contributed by atoms with Crippen LogP contribution in [-0.4, -0.2) is 30.3 Å². The fourth-order valence-corrected chi connectivity index (χ4v) is 2.36. The van der Waals surface area contributed by atoms with Gasteiger partial charge in [-0.25, -0.2) is 4.79 Å². The molecule has 0 spiro atoms. The number of cyclic esters (lactones) is 1. The summed E-state index contributed by atoms with van der Waals surface area (Å²) in [5.41, 5.74) is 1.02. The van der Waals surface area contributed by atoms with Crippen molar-refractivity contribution in [3.8, 4) is 0 Å². The standard InChI is InChI=1S/C15H14O5/c1-9(16)18-11-7-8-12(17)19-14(11)15-13(20-15)10-5-3-2-4-6-10/h2-8,11,13-15H,1H3/t11-,13+,14-,15-/m1/s1. The van der Waals surface area contributed by atoms with Gasteiger partial charge in [0.05, 0.1) is 0 Å². The molecule has 5 nitrogen and oxygen atoms in total. The van der Waals surface area contributed by atoms with Crippen LogP contribution in [-0.2, 0) is 23.8 Å². The zero-order chi connectivity index (χ0) is 14.1. The largest absolute Gasteiger partial charge is 0.454 e. The van der Waals surface area contributed by atoms with Crippen LogP contribution in [0, 0.1) is 0 Å². The third-order valence-corrected chi connectivity index (χ3v) is 3.28. The second kappa shape index (κ2) is 5.09. The van der Waals surface area contributed by atoms with Crippen LogP contribution in [0.5, 0.6) is 0 Å². The van der Waals surface area contributed by atoms with Crippen molar-refractivity contribution in [3.63, 3.8) is 0 Å². The lowest BCUT2D eigenvalue weighted by atomic mass is 10.0. The lowest BCUT2D eigenvalue weighted by molar-refractivity contribution is -0.163. The van der Waals surface area contributed by atoms with E-state index in [0.29, 0.717) is 0 Å². The molecule has 3 rings (SSSR count). The van der Waals surface area contributed by atoms with Crippen LogP contribution < -0.4 is 0 Å². The van der Waals surface area contributed by atoms with Crippen molar-refractivity contribution in [2.24, 2.45) is 0 Å². The molecule has 0 radical (unpaired) electrons. The molecule has 1 aromatic carbocycles. The number of hydrogen-bond donors (Lipinski definition) is 0. The van der Waals surface area contributed by atoms with E-state index in [2.05, 4.69) is 0 Å². The predicted molar refractivity (Wildman–Crippen MR) is 68.6 cm³/mol. The van der Waals surface area contributed by atoms with Gasteiger partial charge in [-0.3, -0.25) is 4.79 Å². The van der Waals surface area contributed by atoms with Gasteiger partial charge in [-0.15, -0.1) is 0 Å². The Hall–Kier alpha value is -2.14. The first-order valence-electron chi connectivity index (χ1n) is 6.41. The van der Waals surface area contributed by atoms with Crippen molar-refractivity contribution >= 4 is 11.9 Å². The number of epoxide rings is 1. The first kappa shape index (κ1) is 12.9. The third-order valence-electron chi connectivity index (χ3n) is 3.28. The summed E-state index contributed by atoms with van der Waals surface area (Å²) in [7, 11) is 0. The highest BCUT2D eigenvalue weighted by Gasteiger charge is 2.52. The van der Waals surface area contributed by atoms with Gasteiger partial charge >= 0.3 is 11.9 Å². The zero-order valence-electron chi connectivity index (χ0n) is 10.9. The summed E-state index contributed by atoms with van der Waals surface area (Å²) in [6.45, 7) is 1.32. The van der Waals surface area contributed by atoms with E-state index in [1.807, 2.05) is 30.3 Å². The van der Waals surface area contributed by atoms with Gasteiger partial charge in [0, 0.05) is 13.0 Å². The normalized spacial score (nSPS) is 31.6. The van der Waals surface area contributed by atoms with Gasteiger partial charge in [0.2, 0.25) is 0 Å². The Bertz CT molecular complexity index is 551. The summed E-state index contributed by atoms with van der Waals surface area (Å²) in [5.74, 6) is -0.861. The number of carbonyl (C=O) groups excluding carboxylic acids is 2. The first-order chi connectivity index (χ1) is 9.65. The molecule has 0 bridgehead atoms. The van der Waals surface area contributed by atoms with Crippen molar-refractivity contribution in [1.82, 2.24) is 0 Å². The smallest absolute Gasteiger partial charge is 0.331 e. The minimum Gasteiger partial charge on any atom is -0.454 e. The monoisotopic (exact) mass is 274 g/mol. The van der Waals surface area contributed by atoms with E-state index in [1.165, 1.54) is 13.0 Å². The summed E-state index contributed by atoms with van der Waals surface area (Å²) in [5, 5.41) is 0. The number of ether oxygens (including phenoxy) is 3. The van der Waals surface area contributed by atoms with E-state index in [0.717, 1.165) is 5.56 Å². The predicted octanol–water partition coefficient (Wildman–Crippen LogP) is 1.54. The minimum atomic E-state index is -0.596. The molecule has 0 amide bonds. The lowest BCUT2D eigenvalue weighted by Crippen LogP contribution is -2.40. The van der Waals surface area contributed by atoms with Crippen LogP contribution in [0.4, 0.5) is 0 Å². The van der Waals surface area contributed by atoms with E-state index < -0.39 is 24.1 Å². The maximum atomic E-state index is 11.4. The third kappa shape index (κ3) is 2.58. The number of carbonyl (C=O) groups is 2. The Kier molecular flexibility index (Phi) is 3.28. The number of esters is 2. The molecule has 0 N–H and O–H groups in total. The molecule has 1 aromatic rings. The molecule has 1 saturated heterocycles. The molecular formula is C15H14O5. The quantitative estimate of drug-likeness (QED) is 0.618. The molecule has 0 unspecified atom stereocenters. The molecule has 1 fully saturated rings. The molecule has 20 heavy (non-hydrogen) atoms. The SMILES string of the molecule is CC(=O)O[C@@H]1C=CC(=O)O[C@H]1[C@@H]1O[C@H]1c1ccccc1. The molecule has 0 saturated carbocycles. The Morgan fingerprint density at radius 2 is 1.95 bits per heavy atom. The summed E-state index contributed by atoms with van der Waals surface area (Å²) in [6, 6.07) is 9.67. The van der Waals surface area contributed by atoms with E-state index in [1.54, 1.807) is 6.08 Å².